The number of rotatable bonds is 6. The van der Waals surface area contributed by atoms with Crippen molar-refractivity contribution in [3.8, 4) is 0 Å². The van der Waals surface area contributed by atoms with Gasteiger partial charge in [0.2, 0.25) is 0 Å². The minimum atomic E-state index is -2.91. The Hall–Kier alpha value is -1.17. The molecule has 0 spiro atoms. The van der Waals surface area contributed by atoms with Crippen molar-refractivity contribution in [1.82, 2.24) is 9.97 Å². The Balaban J connectivity index is 2.71. The largest absolute Gasteiger partial charge is 0.367 e. The molecule has 1 N–H and O–H groups in total. The summed E-state index contributed by atoms with van der Waals surface area (Å²) in [4.78, 5) is 8.82. The quantitative estimate of drug-likeness (QED) is 0.867. The van der Waals surface area contributed by atoms with Crippen LogP contribution in [0.2, 0.25) is 0 Å². The van der Waals surface area contributed by atoms with Gasteiger partial charge in [-0.3, -0.25) is 0 Å². The molecule has 1 heterocycles. The maximum absolute atomic E-state index is 11.1. The molecule has 0 radical (unpaired) electrons. The SMILES string of the molecule is Cc1cc(NC(C)CCS(C)(=O)=O)nc(C(C)C)n1. The number of nitrogens with one attached hydrogen (secondary N) is 1. The van der Waals surface area contributed by atoms with Gasteiger partial charge in [0.05, 0.1) is 5.75 Å². The van der Waals surface area contributed by atoms with E-state index in [4.69, 9.17) is 0 Å². The molecule has 1 unspecified atom stereocenters. The molecule has 0 aliphatic carbocycles. The Morgan fingerprint density at radius 2 is 1.89 bits per heavy atom. The number of aryl methyl sites for hydroxylation is 1. The Morgan fingerprint density at radius 3 is 2.42 bits per heavy atom. The lowest BCUT2D eigenvalue weighted by Crippen LogP contribution is -2.20. The molecule has 1 aromatic heterocycles. The minimum absolute atomic E-state index is 0.0593. The summed E-state index contributed by atoms with van der Waals surface area (Å²) >= 11 is 0. The van der Waals surface area contributed by atoms with Crippen LogP contribution < -0.4 is 5.32 Å². The molecule has 1 aromatic rings. The van der Waals surface area contributed by atoms with Crippen molar-refractivity contribution in [3.05, 3.63) is 17.6 Å². The van der Waals surface area contributed by atoms with Gasteiger partial charge in [-0.05, 0) is 20.3 Å². The van der Waals surface area contributed by atoms with Crippen LogP contribution in [0.15, 0.2) is 6.07 Å². The lowest BCUT2D eigenvalue weighted by Gasteiger charge is -2.15. The number of aromatic nitrogens is 2. The molecule has 0 aliphatic heterocycles. The predicted octanol–water partition coefficient (Wildman–Crippen LogP) is 2.14. The maximum atomic E-state index is 11.1. The lowest BCUT2D eigenvalue weighted by atomic mass is 10.2. The third kappa shape index (κ3) is 6.00. The molecule has 0 amide bonds. The molecule has 1 rings (SSSR count). The summed E-state index contributed by atoms with van der Waals surface area (Å²) < 4.78 is 22.3. The van der Waals surface area contributed by atoms with Gasteiger partial charge < -0.3 is 5.32 Å². The molecule has 19 heavy (non-hydrogen) atoms. The highest BCUT2D eigenvalue weighted by Crippen LogP contribution is 2.14. The van der Waals surface area contributed by atoms with Crippen LogP contribution in [0.5, 0.6) is 0 Å². The van der Waals surface area contributed by atoms with Crippen LogP contribution in [0, 0.1) is 6.92 Å². The molecule has 0 aromatic carbocycles. The average molecular weight is 285 g/mol. The van der Waals surface area contributed by atoms with Crippen molar-refractivity contribution in [2.75, 3.05) is 17.3 Å². The van der Waals surface area contributed by atoms with Crippen molar-refractivity contribution in [2.24, 2.45) is 0 Å². The van der Waals surface area contributed by atoms with E-state index >= 15 is 0 Å². The lowest BCUT2D eigenvalue weighted by molar-refractivity contribution is 0.595. The Kier molecular flexibility index (Phi) is 5.29. The fourth-order valence-corrected chi connectivity index (χ4v) is 2.42. The second-order valence-corrected chi connectivity index (χ2v) is 7.63. The highest BCUT2D eigenvalue weighted by molar-refractivity contribution is 7.90. The monoisotopic (exact) mass is 285 g/mol. The predicted molar refractivity (Wildman–Crippen MR) is 78.3 cm³/mol. The molecule has 6 heteroatoms. The summed E-state index contributed by atoms with van der Waals surface area (Å²) in [5.74, 6) is 2.02. The third-order valence-corrected chi connectivity index (χ3v) is 3.68. The van der Waals surface area contributed by atoms with Crippen molar-refractivity contribution < 1.29 is 8.42 Å². The van der Waals surface area contributed by atoms with Crippen molar-refractivity contribution in [2.45, 2.75) is 46.1 Å². The van der Waals surface area contributed by atoms with E-state index in [2.05, 4.69) is 15.3 Å². The fourth-order valence-electron chi connectivity index (χ4n) is 1.64. The van der Waals surface area contributed by atoms with E-state index in [0.29, 0.717) is 6.42 Å². The topological polar surface area (TPSA) is 72.0 Å². The standard InChI is InChI=1S/C13H23N3O2S/c1-9(2)13-15-11(4)8-12(16-13)14-10(3)6-7-19(5,17)18/h8-10H,6-7H2,1-5H3,(H,14,15,16). The van der Waals surface area contributed by atoms with Crippen LogP contribution in [0.1, 0.15) is 44.6 Å². The van der Waals surface area contributed by atoms with Gasteiger partial charge in [0.1, 0.15) is 21.5 Å². The summed E-state index contributed by atoms with van der Waals surface area (Å²) in [5.41, 5.74) is 0.913. The molecule has 1 atom stereocenters. The molecule has 0 aliphatic rings. The van der Waals surface area contributed by atoms with Crippen LogP contribution >= 0.6 is 0 Å². The van der Waals surface area contributed by atoms with Gasteiger partial charge in [0.25, 0.3) is 0 Å². The van der Waals surface area contributed by atoms with Gasteiger partial charge in [0, 0.05) is 30.0 Å². The van der Waals surface area contributed by atoms with Crippen molar-refractivity contribution in [1.29, 1.82) is 0 Å². The third-order valence-electron chi connectivity index (χ3n) is 2.70. The first kappa shape index (κ1) is 15.9. The first-order chi connectivity index (χ1) is 8.67. The summed E-state index contributed by atoms with van der Waals surface area (Å²) in [6.07, 6.45) is 1.82. The fraction of sp³-hybridized carbons (Fsp3) is 0.692. The van der Waals surface area contributed by atoms with Crippen LogP contribution in [0.4, 0.5) is 5.82 Å². The smallest absolute Gasteiger partial charge is 0.147 e. The zero-order chi connectivity index (χ0) is 14.6. The number of sulfone groups is 1. The summed E-state index contributed by atoms with van der Waals surface area (Å²) in [6, 6.07) is 1.94. The molecule has 0 fully saturated rings. The van der Waals surface area contributed by atoms with Gasteiger partial charge in [-0.15, -0.1) is 0 Å². The molecule has 0 saturated heterocycles. The maximum Gasteiger partial charge on any atom is 0.147 e. The van der Waals surface area contributed by atoms with Crippen LogP contribution in [0.25, 0.3) is 0 Å². The summed E-state index contributed by atoms with van der Waals surface area (Å²) in [7, 11) is -2.91. The summed E-state index contributed by atoms with van der Waals surface area (Å²) in [6.45, 7) is 7.98. The van der Waals surface area contributed by atoms with Gasteiger partial charge in [-0.25, -0.2) is 18.4 Å². The second kappa shape index (κ2) is 6.32. The highest BCUT2D eigenvalue weighted by Gasteiger charge is 2.10. The Bertz CT molecular complexity index is 527. The van der Waals surface area contributed by atoms with Crippen LogP contribution in [0.3, 0.4) is 0 Å². The van der Waals surface area contributed by atoms with Crippen molar-refractivity contribution >= 4 is 15.7 Å². The van der Waals surface area contributed by atoms with Crippen LogP contribution in [-0.2, 0) is 9.84 Å². The molecular formula is C13H23N3O2S. The molecule has 5 nitrogen and oxygen atoms in total. The molecule has 0 bridgehead atoms. The van der Waals surface area contributed by atoms with Gasteiger partial charge in [-0.1, -0.05) is 13.8 Å². The van der Waals surface area contributed by atoms with Gasteiger partial charge in [0.15, 0.2) is 0 Å². The first-order valence-electron chi connectivity index (χ1n) is 6.47. The van der Waals surface area contributed by atoms with Crippen LogP contribution in [-0.4, -0.2) is 36.4 Å². The van der Waals surface area contributed by atoms with Gasteiger partial charge in [-0.2, -0.15) is 0 Å². The van der Waals surface area contributed by atoms with E-state index in [0.717, 1.165) is 17.3 Å². The highest BCUT2D eigenvalue weighted by atomic mass is 32.2. The average Bonchev–Trinajstić information content (AvgIpc) is 2.24. The Morgan fingerprint density at radius 1 is 1.26 bits per heavy atom. The zero-order valence-electron chi connectivity index (χ0n) is 12.3. The molecule has 108 valence electrons. The zero-order valence-corrected chi connectivity index (χ0v) is 13.1. The van der Waals surface area contributed by atoms with E-state index in [1.165, 1.54) is 6.26 Å². The van der Waals surface area contributed by atoms with Gasteiger partial charge >= 0.3 is 0 Å². The molecular weight excluding hydrogens is 262 g/mol. The van der Waals surface area contributed by atoms with E-state index < -0.39 is 9.84 Å². The van der Waals surface area contributed by atoms with Crippen molar-refractivity contribution in [3.63, 3.8) is 0 Å². The number of nitrogens with zero attached hydrogens (tertiary/aromatic N) is 2. The number of hydrogen-bond acceptors (Lipinski definition) is 5. The minimum Gasteiger partial charge on any atom is -0.367 e. The Labute approximate surface area is 115 Å². The number of hydrogen-bond donors (Lipinski definition) is 1. The van der Waals surface area contributed by atoms with E-state index in [1.54, 1.807) is 0 Å². The summed E-state index contributed by atoms with van der Waals surface area (Å²) in [5, 5.41) is 3.24. The van der Waals surface area contributed by atoms with E-state index in [1.807, 2.05) is 33.8 Å². The second-order valence-electron chi connectivity index (χ2n) is 5.37. The normalized spacial score (nSPS) is 13.6. The first-order valence-corrected chi connectivity index (χ1v) is 8.53. The number of anilines is 1. The molecule has 0 saturated carbocycles. The van der Waals surface area contributed by atoms with E-state index in [9.17, 15) is 8.42 Å². The van der Waals surface area contributed by atoms with E-state index in [-0.39, 0.29) is 17.7 Å².